The fourth-order valence-electron chi connectivity index (χ4n) is 4.61. The van der Waals surface area contributed by atoms with E-state index in [0.29, 0.717) is 0 Å². The van der Waals surface area contributed by atoms with Crippen LogP contribution in [0.1, 0.15) is 47.9 Å². The Bertz CT molecular complexity index is 619. The summed E-state index contributed by atoms with van der Waals surface area (Å²) >= 11 is 0. The molecule has 0 atom stereocenters. The highest BCUT2D eigenvalue weighted by Gasteiger charge is 2.03. The molecule has 6 nitrogen and oxygen atoms in total. The number of hydrogen-bond donors (Lipinski definition) is 6. The van der Waals surface area contributed by atoms with Gasteiger partial charge in [0.05, 0.1) is 52.4 Å². The van der Waals surface area contributed by atoms with Crippen molar-refractivity contribution in [3.63, 3.8) is 0 Å². The van der Waals surface area contributed by atoms with Crippen molar-refractivity contribution >= 4 is 0 Å². The Morgan fingerprint density at radius 1 is 0.294 bits per heavy atom. The summed E-state index contributed by atoms with van der Waals surface area (Å²) < 4.78 is 0. The first-order chi connectivity index (χ1) is 16.9. The van der Waals surface area contributed by atoms with Gasteiger partial charge in [0, 0.05) is 47.9 Å². The molecule has 6 rings (SSSR count). The molecule has 4 aliphatic heterocycles. The van der Waals surface area contributed by atoms with Crippen LogP contribution in [0.5, 0.6) is 0 Å². The van der Waals surface area contributed by atoms with Gasteiger partial charge in [-0.15, -0.1) is 0 Å². The fourth-order valence-corrected chi connectivity index (χ4v) is 4.61. The van der Waals surface area contributed by atoms with Gasteiger partial charge < -0.3 is 31.9 Å². The van der Waals surface area contributed by atoms with Crippen molar-refractivity contribution in [3.05, 3.63) is 70.8 Å². The summed E-state index contributed by atoms with van der Waals surface area (Å²) in [5, 5.41) is 14.8. The van der Waals surface area contributed by atoms with Crippen molar-refractivity contribution in [2.75, 3.05) is 52.4 Å². The molecule has 6 heteroatoms. The summed E-state index contributed by atoms with van der Waals surface area (Å²) in [5.74, 6) is 0. The van der Waals surface area contributed by atoms with E-state index in [1.807, 2.05) is 0 Å². The highest BCUT2D eigenvalue weighted by molar-refractivity contribution is 5.21. The highest BCUT2D eigenvalue weighted by Crippen LogP contribution is 2.02. The van der Waals surface area contributed by atoms with Gasteiger partial charge in [-0.2, -0.15) is 0 Å². The molecule has 0 unspecified atom stereocenters. The monoisotopic (exact) mass is 472 g/mol. The SMILES string of the molecule is c1cc2ccc1C[NH2+]CCC[NH2+]CCC[NH2+]Cc1ccc(cc1)C[NH2+]CCC[NH2+]CCC[NH2+]C2. The van der Waals surface area contributed by atoms with Gasteiger partial charge in [0.15, 0.2) is 0 Å². The summed E-state index contributed by atoms with van der Waals surface area (Å²) in [7, 11) is 0. The third kappa shape index (κ3) is 12.1. The minimum absolute atomic E-state index is 1.10. The van der Waals surface area contributed by atoms with E-state index in [1.165, 1.54) is 100 Å². The topological polar surface area (TPSA) is 99.7 Å². The van der Waals surface area contributed by atoms with Gasteiger partial charge in [-0.05, 0) is 0 Å². The molecule has 4 bridgehead atoms. The van der Waals surface area contributed by atoms with Crippen LogP contribution in [-0.2, 0) is 26.2 Å². The standard InChI is InChI=1S/C28H46N6/c1-13-29-14-2-18-32-22-27-9-11-28(12-10-27)24-34-20-4-16-30-15-3-19-33-23-26-7-5-25(6-8-26)21-31-17-1/h5-12,29-34H,1-4,13-24H2/p+6. The number of benzene rings is 2. The van der Waals surface area contributed by atoms with Gasteiger partial charge in [-0.3, -0.25) is 0 Å². The summed E-state index contributed by atoms with van der Waals surface area (Å²) in [6.45, 7) is 14.3. The van der Waals surface area contributed by atoms with Gasteiger partial charge in [0.1, 0.15) is 26.2 Å². The zero-order valence-electron chi connectivity index (χ0n) is 21.4. The minimum Gasteiger partial charge on any atom is -0.346 e. The molecule has 12 N–H and O–H groups in total. The maximum Gasteiger partial charge on any atom is 0.101 e. The van der Waals surface area contributed by atoms with Crippen LogP contribution in [0.4, 0.5) is 0 Å². The lowest BCUT2D eigenvalue weighted by atomic mass is 10.1. The van der Waals surface area contributed by atoms with E-state index in [-0.39, 0.29) is 0 Å². The van der Waals surface area contributed by atoms with Crippen molar-refractivity contribution < 1.29 is 31.9 Å². The zero-order chi connectivity index (χ0) is 23.5. The Hall–Kier alpha value is -1.80. The molecule has 0 radical (unpaired) electrons. The Morgan fingerprint density at radius 2 is 0.500 bits per heavy atom. The van der Waals surface area contributed by atoms with Crippen LogP contribution < -0.4 is 31.9 Å². The van der Waals surface area contributed by atoms with Gasteiger partial charge in [-0.1, -0.05) is 48.5 Å². The van der Waals surface area contributed by atoms with Crippen molar-refractivity contribution in [1.82, 2.24) is 0 Å². The van der Waals surface area contributed by atoms with Crippen LogP contribution in [0, 0.1) is 0 Å². The van der Waals surface area contributed by atoms with E-state index in [4.69, 9.17) is 0 Å². The predicted molar refractivity (Wildman–Crippen MR) is 137 cm³/mol. The predicted octanol–water partition coefficient (Wildman–Crippen LogP) is -3.66. The quantitative estimate of drug-likeness (QED) is 0.228. The van der Waals surface area contributed by atoms with Crippen molar-refractivity contribution in [3.8, 4) is 0 Å². The van der Waals surface area contributed by atoms with Gasteiger partial charge in [-0.25, -0.2) is 0 Å². The molecular formula is C28H52N6+6. The number of quaternary nitrogens is 6. The molecule has 0 aliphatic carbocycles. The molecule has 0 saturated heterocycles. The summed E-state index contributed by atoms with van der Waals surface area (Å²) in [6, 6.07) is 18.6. The Labute approximate surface area is 207 Å². The maximum atomic E-state index is 2.50. The van der Waals surface area contributed by atoms with Gasteiger partial charge >= 0.3 is 0 Å². The number of nitrogens with two attached hydrogens (primary N) is 6. The van der Waals surface area contributed by atoms with Crippen molar-refractivity contribution in [2.24, 2.45) is 0 Å². The van der Waals surface area contributed by atoms with Crippen LogP contribution in [0.25, 0.3) is 0 Å². The minimum atomic E-state index is 1.10. The van der Waals surface area contributed by atoms with Crippen LogP contribution in [0.3, 0.4) is 0 Å². The molecule has 34 heavy (non-hydrogen) atoms. The van der Waals surface area contributed by atoms with E-state index in [0.717, 1.165) is 26.2 Å². The molecule has 2 aromatic carbocycles. The molecule has 4 heterocycles. The van der Waals surface area contributed by atoms with E-state index >= 15 is 0 Å². The molecular weight excluding hydrogens is 420 g/mol. The third-order valence-electron chi connectivity index (χ3n) is 6.83. The molecule has 2 aromatic rings. The normalized spacial score (nSPS) is 19.5. The molecule has 0 spiro atoms. The summed E-state index contributed by atoms with van der Waals surface area (Å²) in [4.78, 5) is 0. The zero-order valence-corrected chi connectivity index (χ0v) is 21.4. The van der Waals surface area contributed by atoms with Crippen LogP contribution in [0.2, 0.25) is 0 Å². The van der Waals surface area contributed by atoms with Crippen LogP contribution in [0.15, 0.2) is 48.5 Å². The van der Waals surface area contributed by atoms with E-state index < -0.39 is 0 Å². The summed E-state index contributed by atoms with van der Waals surface area (Å²) in [5.41, 5.74) is 5.79. The largest absolute Gasteiger partial charge is 0.346 e. The van der Waals surface area contributed by atoms with Crippen molar-refractivity contribution in [2.45, 2.75) is 51.9 Å². The molecule has 4 aliphatic rings. The first-order valence-electron chi connectivity index (χ1n) is 14.0. The first-order valence-corrected chi connectivity index (χ1v) is 14.0. The van der Waals surface area contributed by atoms with Crippen LogP contribution >= 0.6 is 0 Å². The second kappa shape index (κ2) is 17.6. The van der Waals surface area contributed by atoms with Gasteiger partial charge in [0.2, 0.25) is 0 Å². The van der Waals surface area contributed by atoms with Gasteiger partial charge in [0.25, 0.3) is 0 Å². The molecule has 188 valence electrons. The first kappa shape index (κ1) is 26.8. The molecule has 0 aromatic heterocycles. The maximum absolute atomic E-state index is 2.50. The molecule has 0 fully saturated rings. The second-order valence-corrected chi connectivity index (χ2v) is 9.91. The smallest absolute Gasteiger partial charge is 0.101 e. The third-order valence-corrected chi connectivity index (χ3v) is 6.83. The second-order valence-electron chi connectivity index (χ2n) is 9.91. The van der Waals surface area contributed by atoms with E-state index in [2.05, 4.69) is 80.4 Å². The summed E-state index contributed by atoms with van der Waals surface area (Å²) in [6.07, 6.45) is 5.16. The van der Waals surface area contributed by atoms with Crippen LogP contribution in [-0.4, -0.2) is 52.4 Å². The fraction of sp³-hybridized carbons (Fsp3) is 0.571. The average molecular weight is 473 g/mol. The number of hydrogen-bond acceptors (Lipinski definition) is 0. The highest BCUT2D eigenvalue weighted by atomic mass is 14.9. The van der Waals surface area contributed by atoms with Crippen molar-refractivity contribution in [1.29, 1.82) is 0 Å². The number of rotatable bonds is 0. The molecule has 0 saturated carbocycles. The lowest BCUT2D eigenvalue weighted by Gasteiger charge is -2.06. The Kier molecular flexibility index (Phi) is 13.9. The lowest BCUT2D eigenvalue weighted by molar-refractivity contribution is -0.699. The molecule has 0 amide bonds. The van der Waals surface area contributed by atoms with E-state index in [9.17, 15) is 0 Å². The Balaban J connectivity index is 1.36. The average Bonchev–Trinajstić information content (AvgIpc) is 2.87. The Morgan fingerprint density at radius 3 is 0.735 bits per heavy atom. The lowest BCUT2D eigenvalue weighted by Crippen LogP contribution is -2.89. The van der Waals surface area contributed by atoms with E-state index in [1.54, 1.807) is 0 Å².